The molecule has 5 heteroatoms. The van der Waals surface area contributed by atoms with Gasteiger partial charge in [-0.1, -0.05) is 12.1 Å². The fourth-order valence-corrected chi connectivity index (χ4v) is 2.25. The molecule has 2 rings (SSSR count). The van der Waals surface area contributed by atoms with Crippen molar-refractivity contribution in [2.24, 2.45) is 0 Å². The molecule has 0 aliphatic carbocycles. The number of hydrogen-bond donors (Lipinski definition) is 2. The van der Waals surface area contributed by atoms with Gasteiger partial charge in [-0.2, -0.15) is 0 Å². The summed E-state index contributed by atoms with van der Waals surface area (Å²) in [6.45, 7) is 4.75. The molecule has 0 amide bonds. The topological polar surface area (TPSA) is 54.1 Å². The van der Waals surface area contributed by atoms with E-state index in [1.807, 2.05) is 18.2 Å². The molecule has 0 saturated carbocycles. The van der Waals surface area contributed by atoms with E-state index in [1.54, 1.807) is 19.9 Å². The average molecular weight is 290 g/mol. The standard InChI is InChI=1S/C16H19FN2O2/c1-10-6-12(7-11(2)15(10)17)8-18-9-13-4-5-14(19-13)16(20)21-3/h4-7,18-19H,8-9H2,1-3H3. The Bertz CT molecular complexity index is 626. The molecule has 21 heavy (non-hydrogen) atoms. The number of hydrogen-bond acceptors (Lipinski definition) is 3. The molecule has 0 aliphatic rings. The first-order chi connectivity index (χ1) is 10.0. The summed E-state index contributed by atoms with van der Waals surface area (Å²) in [4.78, 5) is 14.3. The van der Waals surface area contributed by atoms with E-state index in [2.05, 4.69) is 15.0 Å². The normalized spacial score (nSPS) is 10.7. The molecule has 1 aromatic carbocycles. The van der Waals surface area contributed by atoms with E-state index in [-0.39, 0.29) is 11.8 Å². The SMILES string of the molecule is COC(=O)c1ccc(CNCc2cc(C)c(F)c(C)c2)[nH]1. The van der Waals surface area contributed by atoms with Crippen LogP contribution in [0.15, 0.2) is 24.3 Å². The Morgan fingerprint density at radius 1 is 1.24 bits per heavy atom. The molecule has 0 radical (unpaired) electrons. The van der Waals surface area contributed by atoms with Crippen molar-refractivity contribution in [3.63, 3.8) is 0 Å². The predicted octanol–water partition coefficient (Wildman–Crippen LogP) is 2.85. The van der Waals surface area contributed by atoms with Crippen LogP contribution >= 0.6 is 0 Å². The summed E-state index contributed by atoms with van der Waals surface area (Å²) in [5.74, 6) is -0.531. The van der Waals surface area contributed by atoms with Crippen molar-refractivity contribution in [2.45, 2.75) is 26.9 Å². The highest BCUT2D eigenvalue weighted by atomic mass is 19.1. The Morgan fingerprint density at radius 2 is 1.90 bits per heavy atom. The number of ether oxygens (including phenoxy) is 1. The number of aromatic amines is 1. The number of methoxy groups -OCH3 is 1. The van der Waals surface area contributed by atoms with Crippen LogP contribution in [0.25, 0.3) is 0 Å². The van der Waals surface area contributed by atoms with Crippen molar-refractivity contribution in [3.05, 3.63) is 58.2 Å². The van der Waals surface area contributed by atoms with Crippen LogP contribution in [0.3, 0.4) is 0 Å². The van der Waals surface area contributed by atoms with Crippen LogP contribution in [-0.4, -0.2) is 18.1 Å². The van der Waals surface area contributed by atoms with Crippen LogP contribution in [-0.2, 0) is 17.8 Å². The third-order valence-electron chi connectivity index (χ3n) is 3.29. The van der Waals surface area contributed by atoms with Crippen LogP contribution < -0.4 is 5.32 Å². The van der Waals surface area contributed by atoms with E-state index >= 15 is 0 Å². The van der Waals surface area contributed by atoms with Gasteiger partial charge >= 0.3 is 5.97 Å². The fourth-order valence-electron chi connectivity index (χ4n) is 2.25. The van der Waals surface area contributed by atoms with E-state index < -0.39 is 0 Å². The molecule has 1 heterocycles. The summed E-state index contributed by atoms with van der Waals surface area (Å²) in [5.41, 5.74) is 3.67. The Hall–Kier alpha value is -2.14. The quantitative estimate of drug-likeness (QED) is 0.833. The number of halogens is 1. The van der Waals surface area contributed by atoms with E-state index in [1.165, 1.54) is 7.11 Å². The first-order valence-electron chi connectivity index (χ1n) is 6.74. The van der Waals surface area contributed by atoms with Crippen molar-refractivity contribution in [3.8, 4) is 0 Å². The van der Waals surface area contributed by atoms with E-state index in [0.717, 1.165) is 11.3 Å². The first kappa shape index (κ1) is 15.3. The Kier molecular flexibility index (Phi) is 4.75. The van der Waals surface area contributed by atoms with Crippen molar-refractivity contribution in [1.82, 2.24) is 10.3 Å². The van der Waals surface area contributed by atoms with Crippen LogP contribution in [0.2, 0.25) is 0 Å². The maximum Gasteiger partial charge on any atom is 0.354 e. The van der Waals surface area contributed by atoms with E-state index in [4.69, 9.17) is 0 Å². The number of benzene rings is 1. The first-order valence-corrected chi connectivity index (χ1v) is 6.74. The maximum atomic E-state index is 13.5. The number of aryl methyl sites for hydroxylation is 2. The zero-order valence-electron chi connectivity index (χ0n) is 12.4. The van der Waals surface area contributed by atoms with Gasteiger partial charge in [0.25, 0.3) is 0 Å². The fraction of sp³-hybridized carbons (Fsp3) is 0.312. The molecule has 0 saturated heterocycles. The lowest BCUT2D eigenvalue weighted by atomic mass is 10.1. The summed E-state index contributed by atoms with van der Waals surface area (Å²) in [6, 6.07) is 7.20. The molecule has 0 unspecified atom stereocenters. The van der Waals surface area contributed by atoms with Gasteiger partial charge in [0, 0.05) is 18.8 Å². The summed E-state index contributed by atoms with van der Waals surface area (Å²) >= 11 is 0. The highest BCUT2D eigenvalue weighted by molar-refractivity contribution is 5.87. The van der Waals surface area contributed by atoms with Gasteiger partial charge < -0.3 is 15.0 Å². The Balaban J connectivity index is 1.92. The predicted molar refractivity (Wildman–Crippen MR) is 78.5 cm³/mol. The zero-order valence-corrected chi connectivity index (χ0v) is 12.4. The molecular weight excluding hydrogens is 271 g/mol. The number of rotatable bonds is 5. The van der Waals surface area contributed by atoms with Gasteiger partial charge in [0.15, 0.2) is 0 Å². The van der Waals surface area contributed by atoms with Gasteiger partial charge in [-0.25, -0.2) is 9.18 Å². The number of H-pyrrole nitrogens is 1. The van der Waals surface area contributed by atoms with Gasteiger partial charge in [0.2, 0.25) is 0 Å². The lowest BCUT2D eigenvalue weighted by molar-refractivity contribution is 0.0594. The second-order valence-corrected chi connectivity index (χ2v) is 5.04. The molecule has 2 aromatic rings. The largest absolute Gasteiger partial charge is 0.464 e. The molecule has 4 nitrogen and oxygen atoms in total. The highest BCUT2D eigenvalue weighted by Gasteiger charge is 2.08. The monoisotopic (exact) mass is 290 g/mol. The Morgan fingerprint density at radius 3 is 2.52 bits per heavy atom. The van der Waals surface area contributed by atoms with Crippen molar-refractivity contribution in [1.29, 1.82) is 0 Å². The molecule has 112 valence electrons. The van der Waals surface area contributed by atoms with Crippen molar-refractivity contribution < 1.29 is 13.9 Å². The summed E-state index contributed by atoms with van der Waals surface area (Å²) in [7, 11) is 1.35. The van der Waals surface area contributed by atoms with Gasteiger partial charge in [0.1, 0.15) is 11.5 Å². The summed E-state index contributed by atoms with van der Waals surface area (Å²) < 4.78 is 18.2. The van der Waals surface area contributed by atoms with Gasteiger partial charge in [0.05, 0.1) is 7.11 Å². The molecule has 1 aromatic heterocycles. The lowest BCUT2D eigenvalue weighted by Gasteiger charge is -2.08. The number of aromatic nitrogens is 1. The second-order valence-electron chi connectivity index (χ2n) is 5.04. The molecule has 0 atom stereocenters. The molecule has 0 fully saturated rings. The average Bonchev–Trinajstić information content (AvgIpc) is 2.92. The third-order valence-corrected chi connectivity index (χ3v) is 3.29. The minimum Gasteiger partial charge on any atom is -0.464 e. The minimum absolute atomic E-state index is 0.147. The number of carbonyl (C=O) groups is 1. The van der Waals surface area contributed by atoms with Gasteiger partial charge in [-0.15, -0.1) is 0 Å². The zero-order chi connectivity index (χ0) is 15.4. The molecule has 0 bridgehead atoms. The van der Waals surface area contributed by atoms with Crippen molar-refractivity contribution in [2.75, 3.05) is 7.11 Å². The number of carbonyl (C=O) groups excluding carboxylic acids is 1. The molecule has 2 N–H and O–H groups in total. The highest BCUT2D eigenvalue weighted by Crippen LogP contribution is 2.14. The van der Waals surface area contributed by atoms with E-state index in [0.29, 0.717) is 29.9 Å². The van der Waals surface area contributed by atoms with Crippen LogP contribution in [0, 0.1) is 19.7 Å². The molecular formula is C16H19FN2O2. The van der Waals surface area contributed by atoms with Gasteiger partial charge in [-0.3, -0.25) is 0 Å². The molecule has 0 spiro atoms. The Labute approximate surface area is 123 Å². The van der Waals surface area contributed by atoms with Crippen LogP contribution in [0.1, 0.15) is 32.9 Å². The summed E-state index contributed by atoms with van der Waals surface area (Å²) in [5, 5.41) is 3.26. The number of nitrogens with one attached hydrogen (secondary N) is 2. The molecule has 0 aliphatic heterocycles. The third kappa shape index (κ3) is 3.70. The number of esters is 1. The van der Waals surface area contributed by atoms with E-state index in [9.17, 15) is 9.18 Å². The van der Waals surface area contributed by atoms with Crippen LogP contribution in [0.4, 0.5) is 4.39 Å². The van der Waals surface area contributed by atoms with Crippen LogP contribution in [0.5, 0.6) is 0 Å². The smallest absolute Gasteiger partial charge is 0.354 e. The summed E-state index contributed by atoms with van der Waals surface area (Å²) in [6.07, 6.45) is 0. The van der Waals surface area contributed by atoms with Gasteiger partial charge in [-0.05, 0) is 42.7 Å². The van der Waals surface area contributed by atoms with Crippen molar-refractivity contribution >= 4 is 5.97 Å². The maximum absolute atomic E-state index is 13.5. The lowest BCUT2D eigenvalue weighted by Crippen LogP contribution is -2.14. The minimum atomic E-state index is -0.383. The second kappa shape index (κ2) is 6.54.